The number of carbonyl (C=O) groups is 1. The van der Waals surface area contributed by atoms with Gasteiger partial charge in [0.05, 0.1) is 18.8 Å². The van der Waals surface area contributed by atoms with Crippen molar-refractivity contribution in [2.45, 2.75) is 6.54 Å². The van der Waals surface area contributed by atoms with Gasteiger partial charge in [-0.05, 0) is 23.8 Å². The van der Waals surface area contributed by atoms with Crippen molar-refractivity contribution in [1.29, 1.82) is 0 Å². The van der Waals surface area contributed by atoms with E-state index in [1.54, 1.807) is 32.4 Å². The highest BCUT2D eigenvalue weighted by molar-refractivity contribution is 6.32. The van der Waals surface area contributed by atoms with E-state index in [1.165, 1.54) is 12.1 Å². The van der Waals surface area contributed by atoms with E-state index in [9.17, 15) is 9.90 Å². The van der Waals surface area contributed by atoms with Crippen molar-refractivity contribution >= 4 is 23.5 Å². The number of fused-ring (bicyclic) bond motifs is 1. The van der Waals surface area contributed by atoms with E-state index >= 15 is 0 Å². The molecule has 0 fully saturated rings. The van der Waals surface area contributed by atoms with Crippen LogP contribution in [0.15, 0.2) is 42.2 Å². The Hall–Kier alpha value is -2.38. The monoisotopic (exact) mass is 417 g/mol. The van der Waals surface area contributed by atoms with Gasteiger partial charge in [0.25, 0.3) is 0 Å². The molecule has 6 nitrogen and oxygen atoms in total. The normalized spacial score (nSPS) is 14.5. The molecular weight excluding hydrogens is 394 g/mol. The summed E-state index contributed by atoms with van der Waals surface area (Å²) in [5.41, 5.74) is 1.57. The van der Waals surface area contributed by atoms with Crippen LogP contribution in [0.5, 0.6) is 11.5 Å². The van der Waals surface area contributed by atoms with Gasteiger partial charge in [0.2, 0.25) is 5.78 Å². The number of carbonyl (C=O) groups excluding carboxylic acids is 1. The van der Waals surface area contributed by atoms with Gasteiger partial charge >= 0.3 is 0 Å². The van der Waals surface area contributed by atoms with E-state index < -0.39 is 0 Å². The quantitative estimate of drug-likeness (QED) is 0.629. The summed E-state index contributed by atoms with van der Waals surface area (Å²) in [6, 6.07) is 10.2. The number of rotatable bonds is 9. The van der Waals surface area contributed by atoms with Gasteiger partial charge < -0.3 is 24.2 Å². The molecule has 0 aromatic heterocycles. The Morgan fingerprint density at radius 1 is 1.10 bits per heavy atom. The molecule has 1 N–H and O–H groups in total. The molecule has 1 heterocycles. The molecule has 0 spiro atoms. The van der Waals surface area contributed by atoms with Gasteiger partial charge in [-0.25, -0.2) is 0 Å². The van der Waals surface area contributed by atoms with E-state index in [4.69, 9.17) is 25.8 Å². The standard InChI is InChI=1S/C22H24ClNO5/c1-27-11-9-24(10-12-28-2)14-17-19(25)8-7-16-21(26)20(29-22(16)17)13-15-5-3-4-6-18(15)23/h3-8,13,25H,9-12,14H2,1-2H3. The Morgan fingerprint density at radius 2 is 1.79 bits per heavy atom. The summed E-state index contributed by atoms with van der Waals surface area (Å²) in [5, 5.41) is 13.1. The highest BCUT2D eigenvalue weighted by Gasteiger charge is 2.31. The highest BCUT2D eigenvalue weighted by atomic mass is 35.5. The van der Waals surface area contributed by atoms with Crippen LogP contribution in [0.1, 0.15) is 21.5 Å². The summed E-state index contributed by atoms with van der Waals surface area (Å²) >= 11 is 6.20. The van der Waals surface area contributed by atoms with E-state index in [1.807, 2.05) is 12.1 Å². The third-order valence-electron chi connectivity index (χ3n) is 4.84. The molecule has 0 radical (unpaired) electrons. The number of nitrogens with one attached hydrogen (secondary N) is 1. The average Bonchev–Trinajstić information content (AvgIpc) is 3.03. The molecule has 0 aliphatic carbocycles. The van der Waals surface area contributed by atoms with Crippen LogP contribution in [-0.2, 0) is 16.0 Å². The first-order valence-electron chi connectivity index (χ1n) is 9.38. The van der Waals surface area contributed by atoms with Gasteiger partial charge in [0.15, 0.2) is 5.76 Å². The van der Waals surface area contributed by atoms with Gasteiger partial charge in [-0.15, -0.1) is 0 Å². The number of hydrogen-bond acceptors (Lipinski definition) is 5. The first-order chi connectivity index (χ1) is 14.0. The molecule has 0 unspecified atom stereocenters. The third-order valence-corrected chi connectivity index (χ3v) is 5.18. The first kappa shape index (κ1) is 21.3. The largest absolute Gasteiger partial charge is 0.872 e. The van der Waals surface area contributed by atoms with Crippen molar-refractivity contribution in [2.75, 3.05) is 40.5 Å². The molecule has 7 heteroatoms. The van der Waals surface area contributed by atoms with Crippen molar-refractivity contribution < 1.29 is 29.0 Å². The molecule has 0 saturated heterocycles. The van der Waals surface area contributed by atoms with Gasteiger partial charge in [-0.3, -0.25) is 4.79 Å². The van der Waals surface area contributed by atoms with Crippen molar-refractivity contribution in [1.82, 2.24) is 0 Å². The first-order valence-corrected chi connectivity index (χ1v) is 9.76. The van der Waals surface area contributed by atoms with E-state index in [-0.39, 0.29) is 17.3 Å². The molecule has 0 amide bonds. The second kappa shape index (κ2) is 9.89. The van der Waals surface area contributed by atoms with E-state index in [2.05, 4.69) is 0 Å². The summed E-state index contributed by atoms with van der Waals surface area (Å²) in [4.78, 5) is 13.9. The lowest BCUT2D eigenvalue weighted by Crippen LogP contribution is -3.11. The molecule has 29 heavy (non-hydrogen) atoms. The molecule has 0 atom stereocenters. The Morgan fingerprint density at radius 3 is 2.45 bits per heavy atom. The van der Waals surface area contributed by atoms with Gasteiger partial charge in [0.1, 0.15) is 25.4 Å². The lowest BCUT2D eigenvalue weighted by Gasteiger charge is -2.23. The maximum Gasteiger partial charge on any atom is 0.231 e. The minimum absolute atomic E-state index is 0.150. The average molecular weight is 418 g/mol. The van der Waals surface area contributed by atoms with Crippen LogP contribution >= 0.6 is 11.6 Å². The molecule has 0 saturated carbocycles. The second-order valence-electron chi connectivity index (χ2n) is 6.79. The van der Waals surface area contributed by atoms with Crippen LogP contribution in [0.2, 0.25) is 5.02 Å². The number of ether oxygens (including phenoxy) is 3. The molecule has 2 aromatic rings. The fourth-order valence-corrected chi connectivity index (χ4v) is 3.42. The lowest BCUT2D eigenvalue weighted by molar-refractivity contribution is -0.914. The van der Waals surface area contributed by atoms with Crippen LogP contribution in [0, 0.1) is 0 Å². The lowest BCUT2D eigenvalue weighted by atomic mass is 10.0. The molecule has 1 aliphatic heterocycles. The maximum absolute atomic E-state index is 12.8. The fraction of sp³-hybridized carbons (Fsp3) is 0.318. The molecule has 3 rings (SSSR count). The number of Topliss-reactive ketones (excluding diaryl/α,β-unsaturated/α-hetero) is 1. The zero-order valence-corrected chi connectivity index (χ0v) is 17.3. The second-order valence-corrected chi connectivity index (χ2v) is 7.20. The van der Waals surface area contributed by atoms with E-state index in [0.29, 0.717) is 60.3 Å². The summed E-state index contributed by atoms with van der Waals surface area (Å²) in [7, 11) is 3.28. The molecule has 1 aliphatic rings. The van der Waals surface area contributed by atoms with Crippen molar-refractivity contribution in [3.05, 3.63) is 63.9 Å². The van der Waals surface area contributed by atoms with Crippen LogP contribution in [0.4, 0.5) is 0 Å². The van der Waals surface area contributed by atoms with Crippen molar-refractivity contribution in [3.63, 3.8) is 0 Å². The van der Waals surface area contributed by atoms with Gasteiger partial charge in [-0.1, -0.05) is 41.6 Å². The van der Waals surface area contributed by atoms with Crippen molar-refractivity contribution in [3.8, 4) is 11.5 Å². The van der Waals surface area contributed by atoms with E-state index in [0.717, 1.165) is 4.90 Å². The highest BCUT2D eigenvalue weighted by Crippen LogP contribution is 2.38. The number of halogens is 1. The Balaban J connectivity index is 1.90. The van der Waals surface area contributed by atoms with Gasteiger partial charge in [0, 0.05) is 24.8 Å². The number of methoxy groups -OCH3 is 2. The summed E-state index contributed by atoms with van der Waals surface area (Å²) in [5.74, 6) is 0.0998. The zero-order valence-electron chi connectivity index (χ0n) is 16.5. The zero-order chi connectivity index (χ0) is 20.8. The number of ketones is 1. The predicted octanol–water partition coefficient (Wildman–Crippen LogP) is 1.71. The number of hydrogen-bond donors (Lipinski definition) is 1. The molecule has 2 aromatic carbocycles. The number of benzene rings is 2. The van der Waals surface area contributed by atoms with Crippen molar-refractivity contribution in [2.24, 2.45) is 0 Å². The predicted molar refractivity (Wildman–Crippen MR) is 108 cm³/mol. The van der Waals surface area contributed by atoms with Crippen LogP contribution < -0.4 is 14.7 Å². The Bertz CT molecular complexity index is 904. The Labute approximate surface area is 175 Å². The molecular formula is C22H24ClNO5. The van der Waals surface area contributed by atoms with Crippen LogP contribution in [-0.4, -0.2) is 46.3 Å². The van der Waals surface area contributed by atoms with Gasteiger partial charge in [-0.2, -0.15) is 0 Å². The number of allylic oxidation sites excluding steroid dienone is 1. The smallest absolute Gasteiger partial charge is 0.231 e. The van der Waals surface area contributed by atoms with Crippen LogP contribution in [0.3, 0.4) is 0 Å². The minimum Gasteiger partial charge on any atom is -0.872 e. The summed E-state index contributed by atoms with van der Waals surface area (Å²) in [6.07, 6.45) is 1.61. The maximum atomic E-state index is 12.8. The minimum atomic E-state index is -0.253. The number of quaternary nitrogens is 1. The molecule has 0 bridgehead atoms. The summed E-state index contributed by atoms with van der Waals surface area (Å²) < 4.78 is 16.2. The fourth-order valence-electron chi connectivity index (χ4n) is 3.23. The van der Waals surface area contributed by atoms with Crippen LogP contribution in [0.25, 0.3) is 6.08 Å². The molecule has 154 valence electrons. The third kappa shape index (κ3) is 4.97. The Kier molecular flexibility index (Phi) is 7.28. The SMILES string of the molecule is COCC[NH+](CCOC)Cc1c([O-])ccc2c1OC(=Cc1ccccc1Cl)C2=O. The topological polar surface area (TPSA) is 72.3 Å². The summed E-state index contributed by atoms with van der Waals surface area (Å²) in [6.45, 7) is 2.94.